The Morgan fingerprint density at radius 3 is 2.85 bits per heavy atom. The van der Waals surface area contributed by atoms with E-state index in [1.54, 1.807) is 6.26 Å². The standard InChI is InChI=1S/C13H14F3N3O/c14-13(15,16)12-3-4-19(18-12)7-11-5-9(8-20-11)6-17-10-1-2-10/h3-5,8,10,17H,1-2,6-7H2. The third kappa shape index (κ3) is 3.22. The number of aromatic nitrogens is 2. The lowest BCUT2D eigenvalue weighted by Gasteiger charge is -2.01. The topological polar surface area (TPSA) is 43.0 Å². The van der Waals surface area contributed by atoms with E-state index in [0.717, 1.165) is 18.2 Å². The first-order valence-electron chi connectivity index (χ1n) is 6.41. The molecule has 1 fully saturated rings. The summed E-state index contributed by atoms with van der Waals surface area (Å²) in [5, 5.41) is 6.83. The smallest absolute Gasteiger partial charge is 0.435 e. The van der Waals surface area contributed by atoms with Gasteiger partial charge in [0.05, 0.1) is 12.8 Å². The molecule has 20 heavy (non-hydrogen) atoms. The lowest BCUT2D eigenvalue weighted by atomic mass is 10.3. The molecule has 4 nitrogen and oxygen atoms in total. The minimum absolute atomic E-state index is 0.194. The molecule has 1 aliphatic carbocycles. The van der Waals surface area contributed by atoms with Gasteiger partial charge in [0.15, 0.2) is 5.69 Å². The average molecular weight is 285 g/mol. The summed E-state index contributed by atoms with van der Waals surface area (Å²) >= 11 is 0. The van der Waals surface area contributed by atoms with Gasteiger partial charge in [0.2, 0.25) is 0 Å². The maximum Gasteiger partial charge on any atom is 0.435 e. The Bertz CT molecular complexity index is 584. The first kappa shape index (κ1) is 13.2. The van der Waals surface area contributed by atoms with Gasteiger partial charge in [-0.15, -0.1) is 0 Å². The Morgan fingerprint density at radius 2 is 2.20 bits per heavy atom. The monoisotopic (exact) mass is 285 g/mol. The summed E-state index contributed by atoms with van der Waals surface area (Å²) in [5.41, 5.74) is 0.106. The van der Waals surface area contributed by atoms with Crippen LogP contribution in [0, 0.1) is 0 Å². The predicted molar refractivity (Wildman–Crippen MR) is 64.9 cm³/mol. The summed E-state index contributed by atoms with van der Waals surface area (Å²) in [6, 6.07) is 3.40. The molecule has 0 radical (unpaired) electrons. The lowest BCUT2D eigenvalue weighted by Crippen LogP contribution is -2.14. The molecule has 1 aliphatic rings. The van der Waals surface area contributed by atoms with E-state index >= 15 is 0 Å². The fourth-order valence-corrected chi connectivity index (χ4v) is 1.91. The number of alkyl halides is 3. The zero-order chi connectivity index (χ0) is 14.2. The number of hydrogen-bond donors (Lipinski definition) is 1. The van der Waals surface area contributed by atoms with Crippen molar-refractivity contribution in [1.82, 2.24) is 15.1 Å². The molecular weight excluding hydrogens is 271 g/mol. The molecule has 2 heterocycles. The van der Waals surface area contributed by atoms with Crippen molar-refractivity contribution in [1.29, 1.82) is 0 Å². The molecule has 2 aromatic heterocycles. The normalized spacial score (nSPS) is 15.8. The van der Waals surface area contributed by atoms with E-state index in [4.69, 9.17) is 4.42 Å². The zero-order valence-electron chi connectivity index (χ0n) is 10.7. The van der Waals surface area contributed by atoms with Crippen LogP contribution in [0.5, 0.6) is 0 Å². The summed E-state index contributed by atoms with van der Waals surface area (Å²) in [5.74, 6) is 0.592. The van der Waals surface area contributed by atoms with Crippen molar-refractivity contribution in [3.05, 3.63) is 41.6 Å². The Morgan fingerprint density at radius 1 is 1.40 bits per heavy atom. The van der Waals surface area contributed by atoms with E-state index in [0.29, 0.717) is 11.8 Å². The van der Waals surface area contributed by atoms with E-state index in [2.05, 4.69) is 10.4 Å². The van der Waals surface area contributed by atoms with Gasteiger partial charge in [0, 0.05) is 24.3 Å². The van der Waals surface area contributed by atoms with Crippen LogP contribution in [-0.4, -0.2) is 15.8 Å². The molecule has 0 spiro atoms. The van der Waals surface area contributed by atoms with Crippen molar-refractivity contribution >= 4 is 0 Å². The minimum Gasteiger partial charge on any atom is -0.467 e. The van der Waals surface area contributed by atoms with Gasteiger partial charge in [-0.05, 0) is 25.0 Å². The second-order valence-corrected chi connectivity index (χ2v) is 4.97. The Labute approximate surface area is 113 Å². The van der Waals surface area contributed by atoms with Gasteiger partial charge in [0.25, 0.3) is 0 Å². The number of halogens is 3. The molecule has 0 aromatic carbocycles. The van der Waals surface area contributed by atoms with Gasteiger partial charge in [-0.2, -0.15) is 18.3 Å². The van der Waals surface area contributed by atoms with E-state index in [1.807, 2.05) is 6.07 Å². The van der Waals surface area contributed by atoms with Gasteiger partial charge in [0.1, 0.15) is 5.76 Å². The summed E-state index contributed by atoms with van der Waals surface area (Å²) in [6.45, 7) is 0.917. The van der Waals surface area contributed by atoms with E-state index in [9.17, 15) is 13.2 Å². The number of hydrogen-bond acceptors (Lipinski definition) is 3. The van der Waals surface area contributed by atoms with E-state index in [-0.39, 0.29) is 6.54 Å². The van der Waals surface area contributed by atoms with Gasteiger partial charge in [-0.1, -0.05) is 0 Å². The van der Waals surface area contributed by atoms with Crippen molar-refractivity contribution < 1.29 is 17.6 Å². The highest BCUT2D eigenvalue weighted by molar-refractivity contribution is 5.14. The number of nitrogens with one attached hydrogen (secondary N) is 1. The maximum absolute atomic E-state index is 12.4. The molecule has 1 saturated carbocycles. The van der Waals surface area contributed by atoms with Crippen LogP contribution in [0.1, 0.15) is 29.9 Å². The van der Waals surface area contributed by atoms with Gasteiger partial charge < -0.3 is 9.73 Å². The molecule has 0 bridgehead atoms. The first-order valence-corrected chi connectivity index (χ1v) is 6.41. The van der Waals surface area contributed by atoms with Crippen molar-refractivity contribution in [3.8, 4) is 0 Å². The summed E-state index contributed by atoms with van der Waals surface area (Å²) < 4.78 is 43.8. The molecule has 108 valence electrons. The molecule has 1 N–H and O–H groups in total. The number of furan rings is 1. The molecule has 0 saturated heterocycles. The Balaban J connectivity index is 1.60. The molecular formula is C13H14F3N3O. The van der Waals surface area contributed by atoms with Crippen LogP contribution in [0.2, 0.25) is 0 Å². The van der Waals surface area contributed by atoms with Crippen LogP contribution in [0.25, 0.3) is 0 Å². The third-order valence-electron chi connectivity index (χ3n) is 3.13. The summed E-state index contributed by atoms with van der Waals surface area (Å²) in [6.07, 6.45) is 0.927. The predicted octanol–water partition coefficient (Wildman–Crippen LogP) is 2.80. The summed E-state index contributed by atoms with van der Waals surface area (Å²) in [4.78, 5) is 0. The molecule has 7 heteroatoms. The van der Waals surface area contributed by atoms with Crippen LogP contribution in [-0.2, 0) is 19.3 Å². The Kier molecular flexibility index (Phi) is 3.29. The second-order valence-electron chi connectivity index (χ2n) is 4.97. The minimum atomic E-state index is -4.41. The molecule has 0 amide bonds. The summed E-state index contributed by atoms with van der Waals surface area (Å²) in [7, 11) is 0. The molecule has 0 atom stereocenters. The molecule has 0 unspecified atom stereocenters. The van der Waals surface area contributed by atoms with Crippen molar-refractivity contribution in [2.24, 2.45) is 0 Å². The average Bonchev–Trinajstić information content (AvgIpc) is 2.89. The van der Waals surface area contributed by atoms with Crippen molar-refractivity contribution in [2.45, 2.75) is 38.1 Å². The van der Waals surface area contributed by atoms with Crippen LogP contribution < -0.4 is 5.32 Å². The number of nitrogens with zero attached hydrogens (tertiary/aromatic N) is 2. The van der Waals surface area contributed by atoms with Crippen LogP contribution in [0.3, 0.4) is 0 Å². The largest absolute Gasteiger partial charge is 0.467 e. The quantitative estimate of drug-likeness (QED) is 0.918. The van der Waals surface area contributed by atoms with Gasteiger partial charge >= 0.3 is 6.18 Å². The molecule has 0 aliphatic heterocycles. The maximum atomic E-state index is 12.4. The third-order valence-corrected chi connectivity index (χ3v) is 3.13. The first-order chi connectivity index (χ1) is 9.50. The van der Waals surface area contributed by atoms with Crippen LogP contribution >= 0.6 is 0 Å². The fraction of sp³-hybridized carbons (Fsp3) is 0.462. The zero-order valence-corrected chi connectivity index (χ0v) is 10.7. The van der Waals surface area contributed by atoms with Gasteiger partial charge in [-0.3, -0.25) is 4.68 Å². The highest BCUT2D eigenvalue weighted by Crippen LogP contribution is 2.27. The highest BCUT2D eigenvalue weighted by Gasteiger charge is 2.33. The molecule has 3 rings (SSSR count). The van der Waals surface area contributed by atoms with Crippen LogP contribution in [0.4, 0.5) is 13.2 Å². The van der Waals surface area contributed by atoms with E-state index in [1.165, 1.54) is 23.7 Å². The van der Waals surface area contributed by atoms with Crippen LogP contribution in [0.15, 0.2) is 29.0 Å². The van der Waals surface area contributed by atoms with Gasteiger partial charge in [-0.25, -0.2) is 0 Å². The highest BCUT2D eigenvalue weighted by atomic mass is 19.4. The molecule has 2 aromatic rings. The van der Waals surface area contributed by atoms with Crippen molar-refractivity contribution in [2.75, 3.05) is 0 Å². The Hall–Kier alpha value is -1.76. The second kappa shape index (κ2) is 4.97. The van der Waals surface area contributed by atoms with Crippen molar-refractivity contribution in [3.63, 3.8) is 0 Å². The SMILES string of the molecule is FC(F)(F)c1ccn(Cc2cc(CNC3CC3)co2)n1. The lowest BCUT2D eigenvalue weighted by molar-refractivity contribution is -0.141. The number of rotatable bonds is 5. The fourth-order valence-electron chi connectivity index (χ4n) is 1.91. The van der Waals surface area contributed by atoms with E-state index < -0.39 is 11.9 Å².